The van der Waals surface area contributed by atoms with Crippen LogP contribution in [0.4, 0.5) is 0 Å². The third-order valence-electron chi connectivity index (χ3n) is 3.69. The summed E-state index contributed by atoms with van der Waals surface area (Å²) in [5.74, 6) is -0.0811. The van der Waals surface area contributed by atoms with Gasteiger partial charge in [0.15, 0.2) is 11.5 Å². The van der Waals surface area contributed by atoms with E-state index >= 15 is 0 Å². The summed E-state index contributed by atoms with van der Waals surface area (Å²) in [6.07, 6.45) is 9.52. The lowest BCUT2D eigenvalue weighted by atomic mass is 10.1. The molecular formula is C18H12N6O2. The highest BCUT2D eigenvalue weighted by Crippen LogP contribution is 2.23. The van der Waals surface area contributed by atoms with Crippen molar-refractivity contribution in [2.45, 2.75) is 0 Å². The second kappa shape index (κ2) is 6.52. The van der Waals surface area contributed by atoms with E-state index < -0.39 is 5.97 Å². The number of rotatable bonds is 4. The minimum Gasteiger partial charge on any atom is -0.476 e. The topological polar surface area (TPSA) is 107 Å². The molecule has 0 spiro atoms. The summed E-state index contributed by atoms with van der Waals surface area (Å²) in [4.78, 5) is 32.2. The number of aromatic nitrogens is 6. The highest BCUT2D eigenvalue weighted by molar-refractivity contribution is 5.85. The molecule has 0 saturated heterocycles. The van der Waals surface area contributed by atoms with Crippen molar-refractivity contribution in [3.8, 4) is 28.5 Å². The highest BCUT2D eigenvalue weighted by Gasteiger charge is 2.12. The fourth-order valence-corrected chi connectivity index (χ4v) is 2.43. The second-order valence-corrected chi connectivity index (χ2v) is 5.38. The third kappa shape index (κ3) is 3.03. The summed E-state index contributed by atoms with van der Waals surface area (Å²) >= 11 is 0. The SMILES string of the molecule is O=C(O)c1cn(-c2cc(-c3ccncc3)nc(-c3ccncc3)n2)cn1. The Morgan fingerprint density at radius 3 is 2.19 bits per heavy atom. The Kier molecular flexibility index (Phi) is 3.91. The van der Waals surface area contributed by atoms with Crippen LogP contribution in [-0.4, -0.2) is 40.6 Å². The summed E-state index contributed by atoms with van der Waals surface area (Å²) < 4.78 is 1.56. The smallest absolute Gasteiger partial charge is 0.356 e. The first-order chi connectivity index (χ1) is 12.7. The van der Waals surface area contributed by atoms with Crippen LogP contribution >= 0.6 is 0 Å². The Bertz CT molecular complexity index is 1010. The molecule has 4 rings (SSSR count). The van der Waals surface area contributed by atoms with Crippen LogP contribution < -0.4 is 0 Å². The summed E-state index contributed by atoms with van der Waals surface area (Å²) in [5.41, 5.74) is 2.31. The van der Waals surface area contributed by atoms with Crippen molar-refractivity contribution in [3.63, 3.8) is 0 Å². The van der Waals surface area contributed by atoms with E-state index in [4.69, 9.17) is 5.11 Å². The third-order valence-corrected chi connectivity index (χ3v) is 3.69. The molecule has 4 aromatic rings. The molecule has 4 heterocycles. The van der Waals surface area contributed by atoms with Gasteiger partial charge in [0.1, 0.15) is 12.1 Å². The molecule has 4 aromatic heterocycles. The minimum absolute atomic E-state index is 0.0560. The van der Waals surface area contributed by atoms with Gasteiger partial charge < -0.3 is 5.11 Å². The van der Waals surface area contributed by atoms with Gasteiger partial charge in [0.05, 0.1) is 5.69 Å². The van der Waals surface area contributed by atoms with Crippen molar-refractivity contribution in [1.82, 2.24) is 29.5 Å². The molecule has 126 valence electrons. The van der Waals surface area contributed by atoms with Crippen molar-refractivity contribution in [2.75, 3.05) is 0 Å². The summed E-state index contributed by atoms with van der Waals surface area (Å²) in [5, 5.41) is 9.09. The van der Waals surface area contributed by atoms with Gasteiger partial charge in [-0.15, -0.1) is 0 Å². The standard InChI is InChI=1S/C18H12N6O2/c25-18(26)15-10-24(11-21-15)16-9-14(12-1-5-19-6-2-12)22-17(23-16)13-3-7-20-8-4-13/h1-11H,(H,25,26). The molecule has 8 heteroatoms. The second-order valence-electron chi connectivity index (χ2n) is 5.38. The predicted molar refractivity (Wildman–Crippen MR) is 92.6 cm³/mol. The lowest BCUT2D eigenvalue weighted by Gasteiger charge is -2.09. The number of carbonyl (C=O) groups is 1. The Labute approximate surface area is 147 Å². The van der Waals surface area contributed by atoms with Gasteiger partial charge >= 0.3 is 5.97 Å². The Hall–Kier alpha value is -3.94. The normalized spacial score (nSPS) is 10.6. The van der Waals surface area contributed by atoms with E-state index in [1.165, 1.54) is 12.5 Å². The van der Waals surface area contributed by atoms with Gasteiger partial charge in [-0.1, -0.05) is 0 Å². The van der Waals surface area contributed by atoms with Gasteiger partial charge in [0.25, 0.3) is 0 Å². The quantitative estimate of drug-likeness (QED) is 0.606. The Balaban J connectivity index is 1.89. The largest absolute Gasteiger partial charge is 0.476 e. The van der Waals surface area contributed by atoms with Crippen molar-refractivity contribution in [3.05, 3.63) is 73.3 Å². The van der Waals surface area contributed by atoms with E-state index in [2.05, 4.69) is 24.9 Å². The fourth-order valence-electron chi connectivity index (χ4n) is 2.43. The van der Waals surface area contributed by atoms with Crippen LogP contribution in [0.3, 0.4) is 0 Å². The average molecular weight is 344 g/mol. The number of hydrogen-bond donors (Lipinski definition) is 1. The molecule has 0 bridgehead atoms. The van der Waals surface area contributed by atoms with Crippen LogP contribution in [0, 0.1) is 0 Å². The van der Waals surface area contributed by atoms with Crippen LogP contribution in [0.5, 0.6) is 0 Å². The average Bonchev–Trinajstić information content (AvgIpc) is 3.20. The first-order valence-electron chi connectivity index (χ1n) is 7.68. The molecule has 0 atom stereocenters. The van der Waals surface area contributed by atoms with Gasteiger partial charge in [-0.05, 0) is 24.3 Å². The molecular weight excluding hydrogens is 332 g/mol. The molecule has 0 unspecified atom stereocenters. The molecule has 0 fully saturated rings. The molecule has 0 radical (unpaired) electrons. The molecule has 1 N–H and O–H groups in total. The number of pyridine rings is 2. The Morgan fingerprint density at radius 2 is 1.58 bits per heavy atom. The van der Waals surface area contributed by atoms with Gasteiger partial charge in [-0.25, -0.2) is 19.7 Å². The van der Waals surface area contributed by atoms with E-state index in [0.29, 0.717) is 17.3 Å². The summed E-state index contributed by atoms with van der Waals surface area (Å²) in [6, 6.07) is 9.09. The van der Waals surface area contributed by atoms with Crippen molar-refractivity contribution < 1.29 is 9.90 Å². The molecule has 0 amide bonds. The van der Waals surface area contributed by atoms with E-state index in [-0.39, 0.29) is 5.69 Å². The summed E-state index contributed by atoms with van der Waals surface area (Å²) in [6.45, 7) is 0. The number of aromatic carboxylic acids is 1. The Morgan fingerprint density at radius 1 is 0.923 bits per heavy atom. The van der Waals surface area contributed by atoms with Crippen LogP contribution in [0.2, 0.25) is 0 Å². The van der Waals surface area contributed by atoms with Crippen LogP contribution in [-0.2, 0) is 0 Å². The van der Waals surface area contributed by atoms with Crippen LogP contribution in [0.1, 0.15) is 10.5 Å². The zero-order chi connectivity index (χ0) is 17.9. The van der Waals surface area contributed by atoms with Gasteiger partial charge in [0.2, 0.25) is 0 Å². The maximum absolute atomic E-state index is 11.1. The molecule has 8 nitrogen and oxygen atoms in total. The number of imidazole rings is 1. The van der Waals surface area contributed by atoms with Gasteiger partial charge in [-0.3, -0.25) is 14.5 Å². The van der Waals surface area contributed by atoms with Crippen molar-refractivity contribution in [1.29, 1.82) is 0 Å². The van der Waals surface area contributed by atoms with E-state index in [0.717, 1.165) is 11.1 Å². The van der Waals surface area contributed by atoms with E-state index in [1.54, 1.807) is 35.4 Å². The molecule has 0 aliphatic rings. The lowest BCUT2D eigenvalue weighted by molar-refractivity contribution is 0.0691. The number of nitrogens with zero attached hydrogens (tertiary/aromatic N) is 6. The highest BCUT2D eigenvalue weighted by atomic mass is 16.4. The molecule has 26 heavy (non-hydrogen) atoms. The minimum atomic E-state index is -1.10. The lowest BCUT2D eigenvalue weighted by Crippen LogP contribution is -2.01. The molecule has 0 aliphatic heterocycles. The number of carboxylic acid groups (broad SMARTS) is 1. The number of carboxylic acids is 1. The summed E-state index contributed by atoms with van der Waals surface area (Å²) in [7, 11) is 0. The van der Waals surface area contributed by atoms with Crippen LogP contribution in [0.25, 0.3) is 28.5 Å². The van der Waals surface area contributed by atoms with Crippen molar-refractivity contribution in [2.24, 2.45) is 0 Å². The monoisotopic (exact) mass is 344 g/mol. The van der Waals surface area contributed by atoms with Crippen molar-refractivity contribution >= 4 is 5.97 Å². The van der Waals surface area contributed by atoms with E-state index in [1.807, 2.05) is 24.3 Å². The van der Waals surface area contributed by atoms with E-state index in [9.17, 15) is 4.79 Å². The number of hydrogen-bond acceptors (Lipinski definition) is 6. The predicted octanol–water partition coefficient (Wildman–Crippen LogP) is 2.48. The maximum Gasteiger partial charge on any atom is 0.356 e. The van der Waals surface area contributed by atoms with Gasteiger partial charge in [0, 0.05) is 48.2 Å². The van der Waals surface area contributed by atoms with Crippen LogP contribution in [0.15, 0.2) is 67.6 Å². The first-order valence-corrected chi connectivity index (χ1v) is 7.68. The zero-order valence-corrected chi connectivity index (χ0v) is 13.4. The molecule has 0 saturated carbocycles. The molecule has 0 aliphatic carbocycles. The van der Waals surface area contributed by atoms with Gasteiger partial charge in [-0.2, -0.15) is 0 Å². The maximum atomic E-state index is 11.1. The fraction of sp³-hybridized carbons (Fsp3) is 0. The zero-order valence-electron chi connectivity index (χ0n) is 13.4. The first kappa shape index (κ1) is 15.6. The molecule has 0 aromatic carbocycles.